The molecular formula is C26H30N4O4S. The summed E-state index contributed by atoms with van der Waals surface area (Å²) in [5.74, 6) is 1.77. The largest absolute Gasteiger partial charge is 0.497 e. The van der Waals surface area contributed by atoms with Gasteiger partial charge in [0.2, 0.25) is 5.91 Å². The van der Waals surface area contributed by atoms with Crippen LogP contribution in [0.25, 0.3) is 0 Å². The summed E-state index contributed by atoms with van der Waals surface area (Å²) in [5.41, 5.74) is 2.12. The summed E-state index contributed by atoms with van der Waals surface area (Å²) in [6.45, 7) is 6.09. The van der Waals surface area contributed by atoms with Gasteiger partial charge in [-0.2, -0.15) is 0 Å². The molecule has 2 aliphatic rings. The lowest BCUT2D eigenvalue weighted by Gasteiger charge is -2.27. The van der Waals surface area contributed by atoms with E-state index in [2.05, 4.69) is 19.2 Å². The van der Waals surface area contributed by atoms with E-state index in [0.29, 0.717) is 46.9 Å². The number of carbonyl (C=O) groups is 2. The Hall–Kier alpha value is -3.33. The molecule has 0 radical (unpaired) electrons. The first-order valence-corrected chi connectivity index (χ1v) is 12.5. The van der Waals surface area contributed by atoms with Crippen LogP contribution >= 0.6 is 11.8 Å². The summed E-state index contributed by atoms with van der Waals surface area (Å²) in [5, 5.41) is 2.94. The first-order chi connectivity index (χ1) is 16.9. The van der Waals surface area contributed by atoms with Crippen LogP contribution in [0.15, 0.2) is 52.4 Å². The van der Waals surface area contributed by atoms with Gasteiger partial charge in [0.25, 0.3) is 5.91 Å². The maximum atomic E-state index is 13.4. The molecule has 0 bridgehead atoms. The van der Waals surface area contributed by atoms with Gasteiger partial charge < -0.3 is 14.8 Å². The number of amidine groups is 2. The molecule has 2 aromatic rings. The number of aliphatic imine (C=N–C) groups is 2. The average molecular weight is 495 g/mol. The smallest absolute Gasteiger partial charge is 0.259 e. The monoisotopic (exact) mass is 494 g/mol. The molecule has 0 saturated carbocycles. The van der Waals surface area contributed by atoms with Gasteiger partial charge in [0.05, 0.1) is 30.8 Å². The molecule has 0 saturated heterocycles. The Kier molecular flexibility index (Phi) is 7.45. The van der Waals surface area contributed by atoms with Gasteiger partial charge in [0.15, 0.2) is 5.17 Å². The molecule has 0 spiro atoms. The summed E-state index contributed by atoms with van der Waals surface area (Å²) in [6.07, 6.45) is 1.20. The van der Waals surface area contributed by atoms with Gasteiger partial charge in [0, 0.05) is 11.6 Å². The number of ether oxygens (including phenoxy) is 2. The molecule has 4 rings (SSSR count). The Morgan fingerprint density at radius 2 is 1.94 bits per heavy atom. The second-order valence-corrected chi connectivity index (χ2v) is 9.92. The number of amides is 2. The van der Waals surface area contributed by atoms with Crippen LogP contribution in [0.1, 0.15) is 39.2 Å². The zero-order chi connectivity index (χ0) is 25.1. The maximum absolute atomic E-state index is 13.4. The highest BCUT2D eigenvalue weighted by Crippen LogP contribution is 2.37. The van der Waals surface area contributed by atoms with E-state index in [9.17, 15) is 9.59 Å². The Morgan fingerprint density at radius 1 is 1.17 bits per heavy atom. The Bertz CT molecular complexity index is 1190. The minimum Gasteiger partial charge on any atom is -0.497 e. The Balaban J connectivity index is 1.60. The standard InChI is InChI=1S/C26H30N4O4S/c1-6-22(24(31)28-19-12-11-16(33-4)14-21(19)34-5)35-26-29-18-10-8-7-9-17(18)23-27-20(13-15(2)3)25(32)30(23)26/h7-12,14-15,20,22H,6,13H2,1-5H3,(H,28,31)/t20-,22-/m1/s1. The van der Waals surface area contributed by atoms with E-state index >= 15 is 0 Å². The second kappa shape index (κ2) is 10.5. The number of benzene rings is 2. The maximum Gasteiger partial charge on any atom is 0.259 e. The van der Waals surface area contributed by atoms with E-state index in [0.717, 1.165) is 11.3 Å². The molecule has 2 aliphatic heterocycles. The van der Waals surface area contributed by atoms with Crippen molar-refractivity contribution in [1.29, 1.82) is 0 Å². The number of hydrogen-bond acceptors (Lipinski definition) is 7. The number of para-hydroxylation sites is 1. The quantitative estimate of drug-likeness (QED) is 0.566. The van der Waals surface area contributed by atoms with E-state index in [-0.39, 0.29) is 11.8 Å². The van der Waals surface area contributed by atoms with Gasteiger partial charge in [-0.25, -0.2) is 9.89 Å². The SMILES string of the molecule is CC[C@@H](SC1=Nc2ccccc2C2=N[C@H](CC(C)C)C(=O)N12)C(=O)Nc1ccc(OC)cc1OC. The molecule has 0 unspecified atom stereocenters. The summed E-state index contributed by atoms with van der Waals surface area (Å²) in [6, 6.07) is 12.4. The van der Waals surface area contributed by atoms with Crippen molar-refractivity contribution < 1.29 is 19.1 Å². The van der Waals surface area contributed by atoms with Crippen molar-refractivity contribution >= 4 is 46.0 Å². The molecule has 0 fully saturated rings. The van der Waals surface area contributed by atoms with Gasteiger partial charge in [-0.05, 0) is 43.0 Å². The first-order valence-electron chi connectivity index (χ1n) is 11.7. The molecule has 2 amide bonds. The molecule has 184 valence electrons. The van der Waals surface area contributed by atoms with Crippen LogP contribution in [-0.4, -0.2) is 53.2 Å². The molecule has 8 nitrogen and oxygen atoms in total. The van der Waals surface area contributed by atoms with Crippen molar-refractivity contribution in [1.82, 2.24) is 4.90 Å². The molecule has 0 aliphatic carbocycles. The fourth-order valence-electron chi connectivity index (χ4n) is 4.05. The highest BCUT2D eigenvalue weighted by atomic mass is 32.2. The predicted molar refractivity (Wildman–Crippen MR) is 140 cm³/mol. The molecule has 2 aromatic carbocycles. The lowest BCUT2D eigenvalue weighted by Crippen LogP contribution is -2.42. The zero-order valence-electron chi connectivity index (χ0n) is 20.6. The number of thioether (sulfide) groups is 1. The van der Waals surface area contributed by atoms with Crippen LogP contribution in [0.3, 0.4) is 0 Å². The number of hydrogen-bond donors (Lipinski definition) is 1. The molecule has 2 heterocycles. The van der Waals surface area contributed by atoms with Crippen LogP contribution in [0.4, 0.5) is 11.4 Å². The fraction of sp³-hybridized carbons (Fsp3) is 0.385. The zero-order valence-corrected chi connectivity index (χ0v) is 21.4. The number of carbonyl (C=O) groups excluding carboxylic acids is 2. The van der Waals surface area contributed by atoms with Crippen molar-refractivity contribution in [2.75, 3.05) is 19.5 Å². The number of methoxy groups -OCH3 is 2. The Morgan fingerprint density at radius 3 is 2.63 bits per heavy atom. The molecular weight excluding hydrogens is 464 g/mol. The third kappa shape index (κ3) is 5.05. The average Bonchev–Trinajstić information content (AvgIpc) is 3.18. The number of nitrogens with zero attached hydrogens (tertiary/aromatic N) is 3. The van der Waals surface area contributed by atoms with Gasteiger partial charge in [-0.1, -0.05) is 44.7 Å². The molecule has 2 atom stereocenters. The normalized spacial score (nSPS) is 17.4. The van der Waals surface area contributed by atoms with E-state index in [1.54, 1.807) is 30.2 Å². The van der Waals surface area contributed by atoms with Gasteiger partial charge in [-0.3, -0.25) is 14.6 Å². The number of rotatable bonds is 8. The highest BCUT2D eigenvalue weighted by Gasteiger charge is 2.42. The number of anilines is 1. The summed E-state index contributed by atoms with van der Waals surface area (Å²) in [7, 11) is 3.11. The van der Waals surface area contributed by atoms with Crippen LogP contribution < -0.4 is 14.8 Å². The van der Waals surface area contributed by atoms with Crippen LogP contribution in [0.2, 0.25) is 0 Å². The van der Waals surface area contributed by atoms with Crippen LogP contribution in [0, 0.1) is 5.92 Å². The second-order valence-electron chi connectivity index (χ2n) is 8.75. The molecule has 1 N–H and O–H groups in total. The van der Waals surface area contributed by atoms with Crippen molar-refractivity contribution in [3.63, 3.8) is 0 Å². The fourth-order valence-corrected chi connectivity index (χ4v) is 5.07. The van der Waals surface area contributed by atoms with Crippen LogP contribution in [-0.2, 0) is 9.59 Å². The third-order valence-electron chi connectivity index (χ3n) is 5.82. The van der Waals surface area contributed by atoms with E-state index < -0.39 is 11.3 Å². The highest BCUT2D eigenvalue weighted by molar-refractivity contribution is 8.15. The van der Waals surface area contributed by atoms with E-state index in [4.69, 9.17) is 19.5 Å². The minimum atomic E-state index is -0.482. The third-order valence-corrected chi connectivity index (χ3v) is 7.14. The van der Waals surface area contributed by atoms with Gasteiger partial charge in [0.1, 0.15) is 23.4 Å². The lowest BCUT2D eigenvalue weighted by molar-refractivity contribution is -0.125. The Labute approximate surface area is 209 Å². The van der Waals surface area contributed by atoms with Crippen molar-refractivity contribution in [3.8, 4) is 11.5 Å². The van der Waals surface area contributed by atoms with E-state index in [1.165, 1.54) is 18.9 Å². The van der Waals surface area contributed by atoms with Gasteiger partial charge >= 0.3 is 0 Å². The van der Waals surface area contributed by atoms with Crippen LogP contribution in [0.5, 0.6) is 11.5 Å². The topological polar surface area (TPSA) is 92.6 Å². The lowest BCUT2D eigenvalue weighted by atomic mass is 10.0. The van der Waals surface area contributed by atoms with E-state index in [1.807, 2.05) is 31.2 Å². The van der Waals surface area contributed by atoms with Crippen molar-refractivity contribution in [3.05, 3.63) is 48.0 Å². The summed E-state index contributed by atoms with van der Waals surface area (Å²) >= 11 is 1.28. The van der Waals surface area contributed by atoms with Crippen molar-refractivity contribution in [2.45, 2.75) is 44.9 Å². The van der Waals surface area contributed by atoms with Gasteiger partial charge in [-0.15, -0.1) is 0 Å². The minimum absolute atomic E-state index is 0.0958. The molecule has 35 heavy (non-hydrogen) atoms. The molecule has 9 heteroatoms. The molecule has 0 aromatic heterocycles. The summed E-state index contributed by atoms with van der Waals surface area (Å²) in [4.78, 5) is 37.8. The van der Waals surface area contributed by atoms with Crippen molar-refractivity contribution in [2.24, 2.45) is 15.9 Å². The number of nitrogens with one attached hydrogen (secondary N) is 1. The number of fused-ring (bicyclic) bond motifs is 3. The summed E-state index contributed by atoms with van der Waals surface area (Å²) < 4.78 is 10.6. The predicted octanol–water partition coefficient (Wildman–Crippen LogP) is 4.86. The first kappa shape index (κ1) is 24.8.